The van der Waals surface area contributed by atoms with E-state index in [9.17, 15) is 0 Å². The van der Waals surface area contributed by atoms with Gasteiger partial charge in [-0.25, -0.2) is 0 Å². The Kier molecular flexibility index (Phi) is 4.26. The Bertz CT molecular complexity index is 372. The van der Waals surface area contributed by atoms with Gasteiger partial charge >= 0.3 is 0 Å². The maximum Gasteiger partial charge on any atom is 0.128 e. The molecule has 3 atom stereocenters. The highest BCUT2D eigenvalue weighted by Crippen LogP contribution is 2.28. The molecule has 0 radical (unpaired) electrons. The van der Waals surface area contributed by atoms with Gasteiger partial charge in [-0.3, -0.25) is 0 Å². The summed E-state index contributed by atoms with van der Waals surface area (Å²) in [4.78, 5) is 0. The fourth-order valence-corrected chi connectivity index (χ4v) is 2.11. The van der Waals surface area contributed by atoms with E-state index in [1.54, 1.807) is 0 Å². The molecule has 17 heavy (non-hydrogen) atoms. The SMILES string of the molecule is CCCOC1C(N)CC1Oc1cccc(Cl)c1. The molecule has 3 unspecified atom stereocenters. The van der Waals surface area contributed by atoms with Gasteiger partial charge in [-0.05, 0) is 24.6 Å². The van der Waals surface area contributed by atoms with Crippen molar-refractivity contribution in [2.75, 3.05) is 6.61 Å². The molecule has 2 N–H and O–H groups in total. The average molecular weight is 256 g/mol. The van der Waals surface area contributed by atoms with E-state index < -0.39 is 0 Å². The van der Waals surface area contributed by atoms with Gasteiger partial charge in [0.25, 0.3) is 0 Å². The largest absolute Gasteiger partial charge is 0.488 e. The minimum absolute atomic E-state index is 0.00827. The van der Waals surface area contributed by atoms with Gasteiger partial charge in [0.1, 0.15) is 18.0 Å². The maximum absolute atomic E-state index is 5.91. The first-order valence-electron chi connectivity index (χ1n) is 6.00. The molecular formula is C13H18ClNO2. The van der Waals surface area contributed by atoms with E-state index in [1.807, 2.05) is 24.3 Å². The van der Waals surface area contributed by atoms with Crippen molar-refractivity contribution in [3.05, 3.63) is 29.3 Å². The quantitative estimate of drug-likeness (QED) is 0.880. The van der Waals surface area contributed by atoms with E-state index in [0.29, 0.717) is 5.02 Å². The number of hydrogen-bond acceptors (Lipinski definition) is 3. The van der Waals surface area contributed by atoms with Gasteiger partial charge in [0, 0.05) is 24.1 Å². The van der Waals surface area contributed by atoms with Crippen molar-refractivity contribution in [3.63, 3.8) is 0 Å². The molecule has 0 aliphatic heterocycles. The normalized spacial score (nSPS) is 27.6. The summed E-state index contributed by atoms with van der Waals surface area (Å²) in [7, 11) is 0. The van der Waals surface area contributed by atoms with Crippen molar-refractivity contribution < 1.29 is 9.47 Å². The summed E-state index contributed by atoms with van der Waals surface area (Å²) in [5.74, 6) is 0.777. The summed E-state index contributed by atoms with van der Waals surface area (Å²) in [5, 5.41) is 0.678. The molecular weight excluding hydrogens is 238 g/mol. The topological polar surface area (TPSA) is 44.5 Å². The summed E-state index contributed by atoms with van der Waals surface area (Å²) >= 11 is 5.90. The fourth-order valence-electron chi connectivity index (χ4n) is 1.93. The maximum atomic E-state index is 5.91. The molecule has 1 saturated carbocycles. The lowest BCUT2D eigenvalue weighted by atomic mass is 9.86. The zero-order valence-electron chi connectivity index (χ0n) is 9.93. The highest BCUT2D eigenvalue weighted by molar-refractivity contribution is 6.30. The van der Waals surface area contributed by atoms with Crippen LogP contribution < -0.4 is 10.5 Å². The number of rotatable bonds is 5. The van der Waals surface area contributed by atoms with Crippen LogP contribution in [0.15, 0.2) is 24.3 Å². The van der Waals surface area contributed by atoms with Gasteiger partial charge in [-0.1, -0.05) is 24.6 Å². The first kappa shape index (κ1) is 12.7. The Balaban J connectivity index is 1.91. The second-order valence-corrected chi connectivity index (χ2v) is 4.79. The molecule has 1 aliphatic carbocycles. The molecule has 4 heteroatoms. The van der Waals surface area contributed by atoms with E-state index >= 15 is 0 Å². The van der Waals surface area contributed by atoms with E-state index in [4.69, 9.17) is 26.8 Å². The second-order valence-electron chi connectivity index (χ2n) is 4.35. The predicted molar refractivity (Wildman–Crippen MR) is 68.5 cm³/mol. The van der Waals surface area contributed by atoms with Gasteiger partial charge in [0.15, 0.2) is 0 Å². The lowest BCUT2D eigenvalue weighted by Crippen LogP contribution is -2.59. The molecule has 0 amide bonds. The van der Waals surface area contributed by atoms with E-state index in [1.165, 1.54) is 0 Å². The highest BCUT2D eigenvalue weighted by Gasteiger charge is 2.41. The zero-order chi connectivity index (χ0) is 12.3. The van der Waals surface area contributed by atoms with Gasteiger partial charge in [-0.2, -0.15) is 0 Å². The predicted octanol–water partition coefficient (Wildman–Crippen LogP) is 2.61. The van der Waals surface area contributed by atoms with Crippen LogP contribution in [0.1, 0.15) is 19.8 Å². The molecule has 2 rings (SSSR count). The first-order valence-corrected chi connectivity index (χ1v) is 6.38. The first-order chi connectivity index (χ1) is 8.20. The molecule has 1 fully saturated rings. The number of ether oxygens (including phenoxy) is 2. The van der Waals surface area contributed by atoms with Crippen molar-refractivity contribution >= 4 is 11.6 Å². The number of hydrogen-bond donors (Lipinski definition) is 1. The number of benzene rings is 1. The molecule has 1 aromatic rings. The third-order valence-electron chi connectivity index (χ3n) is 2.89. The van der Waals surface area contributed by atoms with Crippen LogP contribution in [-0.4, -0.2) is 24.9 Å². The number of halogens is 1. The standard InChI is InChI=1S/C13H18ClNO2/c1-2-6-16-13-11(15)8-12(13)17-10-5-3-4-9(14)7-10/h3-5,7,11-13H,2,6,8,15H2,1H3. The van der Waals surface area contributed by atoms with Crippen LogP contribution in [0, 0.1) is 0 Å². The summed E-state index contributed by atoms with van der Waals surface area (Å²) in [5.41, 5.74) is 5.91. The molecule has 1 aromatic carbocycles. The summed E-state index contributed by atoms with van der Waals surface area (Å²) < 4.78 is 11.5. The Morgan fingerprint density at radius 2 is 2.29 bits per heavy atom. The van der Waals surface area contributed by atoms with Crippen molar-refractivity contribution in [1.29, 1.82) is 0 Å². The molecule has 3 nitrogen and oxygen atoms in total. The monoisotopic (exact) mass is 255 g/mol. The Hall–Kier alpha value is -0.770. The third-order valence-corrected chi connectivity index (χ3v) is 3.13. The highest BCUT2D eigenvalue weighted by atomic mass is 35.5. The Morgan fingerprint density at radius 1 is 1.47 bits per heavy atom. The van der Waals surface area contributed by atoms with Gasteiger partial charge in [-0.15, -0.1) is 0 Å². The summed E-state index contributed by atoms with van der Waals surface area (Å²) in [6.45, 7) is 2.81. The molecule has 0 heterocycles. The van der Waals surface area contributed by atoms with Crippen LogP contribution in [0.2, 0.25) is 5.02 Å². The third kappa shape index (κ3) is 3.12. The van der Waals surface area contributed by atoms with Crippen LogP contribution in [-0.2, 0) is 4.74 Å². The molecule has 0 aromatic heterocycles. The summed E-state index contributed by atoms with van der Waals surface area (Å²) in [6, 6.07) is 7.49. The van der Waals surface area contributed by atoms with Crippen LogP contribution in [0.25, 0.3) is 0 Å². The second kappa shape index (κ2) is 5.71. The van der Waals surface area contributed by atoms with Gasteiger partial charge < -0.3 is 15.2 Å². The number of nitrogens with two attached hydrogens (primary N) is 1. The minimum atomic E-state index is 0.00827. The molecule has 0 saturated heterocycles. The van der Waals surface area contributed by atoms with Crippen molar-refractivity contribution in [1.82, 2.24) is 0 Å². The smallest absolute Gasteiger partial charge is 0.128 e. The molecule has 94 valence electrons. The van der Waals surface area contributed by atoms with E-state index in [0.717, 1.165) is 25.2 Å². The van der Waals surface area contributed by atoms with Crippen molar-refractivity contribution in [2.24, 2.45) is 5.73 Å². The lowest BCUT2D eigenvalue weighted by molar-refractivity contribution is -0.0980. The van der Waals surface area contributed by atoms with E-state index in [2.05, 4.69) is 6.92 Å². The van der Waals surface area contributed by atoms with Crippen LogP contribution in [0.3, 0.4) is 0 Å². The summed E-state index contributed by atoms with van der Waals surface area (Å²) in [6.07, 6.45) is 1.89. The minimum Gasteiger partial charge on any atom is -0.488 e. The lowest BCUT2D eigenvalue weighted by Gasteiger charge is -2.41. The van der Waals surface area contributed by atoms with E-state index in [-0.39, 0.29) is 18.2 Å². The Labute approximate surface area is 107 Å². The fraction of sp³-hybridized carbons (Fsp3) is 0.538. The average Bonchev–Trinajstić information content (AvgIpc) is 2.29. The van der Waals surface area contributed by atoms with Crippen molar-refractivity contribution in [3.8, 4) is 5.75 Å². The zero-order valence-corrected chi connectivity index (χ0v) is 10.7. The van der Waals surface area contributed by atoms with Crippen LogP contribution in [0.4, 0.5) is 0 Å². The molecule has 0 spiro atoms. The van der Waals surface area contributed by atoms with Crippen molar-refractivity contribution in [2.45, 2.75) is 38.0 Å². The molecule has 1 aliphatic rings. The van der Waals surface area contributed by atoms with Gasteiger partial charge in [0.2, 0.25) is 0 Å². The van der Waals surface area contributed by atoms with Crippen LogP contribution >= 0.6 is 11.6 Å². The van der Waals surface area contributed by atoms with Crippen LogP contribution in [0.5, 0.6) is 5.75 Å². The van der Waals surface area contributed by atoms with Gasteiger partial charge in [0.05, 0.1) is 0 Å². The molecule has 0 bridgehead atoms. The Morgan fingerprint density at radius 3 is 2.94 bits per heavy atom.